The van der Waals surface area contributed by atoms with Gasteiger partial charge < -0.3 is 25.8 Å². The highest BCUT2D eigenvalue weighted by Crippen LogP contribution is 2.32. The van der Waals surface area contributed by atoms with Gasteiger partial charge in [0.25, 0.3) is 0 Å². The maximum atomic E-state index is 10.3. The summed E-state index contributed by atoms with van der Waals surface area (Å²) in [4.78, 5) is 12.6. The number of nitrogens with one attached hydrogen (secondary N) is 1. The Balaban J connectivity index is 1.61. The zero-order valence-electron chi connectivity index (χ0n) is 14.9. The summed E-state index contributed by atoms with van der Waals surface area (Å²) in [5.74, 6) is 0.235. The fourth-order valence-electron chi connectivity index (χ4n) is 3.00. The van der Waals surface area contributed by atoms with Crippen molar-refractivity contribution < 1.29 is 20.1 Å². The van der Waals surface area contributed by atoms with E-state index in [2.05, 4.69) is 41.4 Å². The number of rotatable bonds is 5. The Hall–Kier alpha value is -2.64. The first kappa shape index (κ1) is 19.7. The lowest BCUT2D eigenvalue weighted by atomic mass is 10.1. The van der Waals surface area contributed by atoms with Gasteiger partial charge >= 0.3 is 0 Å². The van der Waals surface area contributed by atoms with Gasteiger partial charge in [-0.05, 0) is 17.7 Å². The van der Waals surface area contributed by atoms with Gasteiger partial charge in [0.2, 0.25) is 5.95 Å². The first-order chi connectivity index (χ1) is 14.0. The largest absolute Gasteiger partial charge is 0.394 e. The van der Waals surface area contributed by atoms with Crippen molar-refractivity contribution in [2.75, 3.05) is 17.8 Å². The third kappa shape index (κ3) is 3.80. The average Bonchev–Trinajstić information content (AvgIpc) is 3.25. The van der Waals surface area contributed by atoms with Crippen LogP contribution in [0.25, 0.3) is 11.2 Å². The fourth-order valence-corrected chi connectivity index (χ4v) is 3.26. The Kier molecular flexibility index (Phi) is 5.43. The summed E-state index contributed by atoms with van der Waals surface area (Å²) in [5, 5.41) is 33.6. The van der Waals surface area contributed by atoms with Gasteiger partial charge in [-0.15, -0.1) is 0 Å². The third-order valence-corrected chi connectivity index (χ3v) is 5.02. The maximum absolute atomic E-state index is 10.3. The molecule has 1 saturated heterocycles. The summed E-state index contributed by atoms with van der Waals surface area (Å²) in [7, 11) is 0. The quantitative estimate of drug-likeness (QED) is 0.263. The van der Waals surface area contributed by atoms with Crippen LogP contribution in [0.1, 0.15) is 11.8 Å². The van der Waals surface area contributed by atoms with Crippen LogP contribution in [-0.4, -0.2) is 66.0 Å². The SMILES string of the molecule is Nc1nc(N/N=C/c2ccc(Br)cc2)nc2c1ncn2[C@@H]1O[C@H](CO)[C@@H](O)[C@H]1O. The topological polar surface area (TPSA) is 164 Å². The van der Waals surface area contributed by atoms with Gasteiger partial charge in [0.15, 0.2) is 17.7 Å². The summed E-state index contributed by atoms with van der Waals surface area (Å²) in [5.41, 5.74) is 10.1. The van der Waals surface area contributed by atoms with Gasteiger partial charge in [0, 0.05) is 4.47 Å². The smallest absolute Gasteiger partial charge is 0.247 e. The minimum atomic E-state index is -1.27. The van der Waals surface area contributed by atoms with E-state index in [0.717, 1.165) is 10.0 Å². The first-order valence-electron chi connectivity index (χ1n) is 8.65. The van der Waals surface area contributed by atoms with Crippen LogP contribution in [0.15, 0.2) is 40.2 Å². The van der Waals surface area contributed by atoms with Crippen LogP contribution in [0.2, 0.25) is 0 Å². The second-order valence-corrected chi connectivity index (χ2v) is 7.32. The molecule has 4 rings (SSSR count). The normalized spacial score (nSPS) is 24.6. The number of nitrogens with two attached hydrogens (primary N) is 1. The molecule has 0 spiro atoms. The number of halogens is 1. The first-order valence-corrected chi connectivity index (χ1v) is 9.44. The number of fused-ring (bicyclic) bond motifs is 1. The Morgan fingerprint density at radius 3 is 2.69 bits per heavy atom. The molecule has 1 fully saturated rings. The van der Waals surface area contributed by atoms with Crippen molar-refractivity contribution in [1.82, 2.24) is 19.5 Å². The Bertz CT molecular complexity index is 1040. The number of ether oxygens (including phenoxy) is 1. The highest BCUT2D eigenvalue weighted by Gasteiger charge is 2.44. The zero-order chi connectivity index (χ0) is 20.5. The van der Waals surface area contributed by atoms with Crippen molar-refractivity contribution in [3.63, 3.8) is 0 Å². The van der Waals surface area contributed by atoms with Crippen molar-refractivity contribution in [3.05, 3.63) is 40.6 Å². The average molecular weight is 464 g/mol. The van der Waals surface area contributed by atoms with Crippen LogP contribution in [0.5, 0.6) is 0 Å². The summed E-state index contributed by atoms with van der Waals surface area (Å²) < 4.78 is 7.93. The number of aliphatic hydroxyl groups is 3. The van der Waals surface area contributed by atoms with Gasteiger partial charge in [-0.1, -0.05) is 28.1 Å². The monoisotopic (exact) mass is 463 g/mol. The summed E-state index contributed by atoms with van der Waals surface area (Å²) >= 11 is 3.37. The lowest BCUT2D eigenvalue weighted by molar-refractivity contribution is -0.0511. The lowest BCUT2D eigenvalue weighted by Gasteiger charge is -2.16. The van der Waals surface area contributed by atoms with Crippen molar-refractivity contribution in [1.29, 1.82) is 0 Å². The van der Waals surface area contributed by atoms with E-state index in [1.807, 2.05) is 24.3 Å². The molecule has 1 aliphatic rings. The fraction of sp³-hybridized carbons (Fsp3) is 0.294. The number of imidazole rings is 1. The van der Waals surface area contributed by atoms with E-state index in [-0.39, 0.29) is 17.4 Å². The van der Waals surface area contributed by atoms with Crippen molar-refractivity contribution in [2.45, 2.75) is 24.5 Å². The standard InChI is InChI=1S/C17H18BrN7O4/c18-9-3-1-8(2-4-9)5-21-24-17-22-14(19)11-15(23-17)25(7-20-11)16-13(28)12(27)10(6-26)29-16/h1-5,7,10,12-13,16,26-28H,6H2,(H3,19,22,23,24)/b21-5+/t10-,12-,13-,16-/m1/s1. The van der Waals surface area contributed by atoms with Crippen LogP contribution in [0, 0.1) is 0 Å². The number of anilines is 2. The number of nitrogens with zero attached hydrogens (tertiary/aromatic N) is 5. The van der Waals surface area contributed by atoms with Gasteiger partial charge in [-0.25, -0.2) is 10.4 Å². The minimum absolute atomic E-state index is 0.113. The summed E-state index contributed by atoms with van der Waals surface area (Å²) in [6.45, 7) is -0.434. The molecule has 29 heavy (non-hydrogen) atoms. The van der Waals surface area contributed by atoms with E-state index < -0.39 is 31.1 Å². The van der Waals surface area contributed by atoms with E-state index in [4.69, 9.17) is 10.5 Å². The second kappa shape index (κ2) is 8.00. The molecule has 0 radical (unpaired) electrons. The van der Waals surface area contributed by atoms with Crippen LogP contribution in [-0.2, 0) is 4.74 Å². The molecule has 0 unspecified atom stereocenters. The van der Waals surface area contributed by atoms with Crippen molar-refractivity contribution >= 4 is 45.1 Å². The number of aliphatic hydroxyl groups excluding tert-OH is 3. The van der Waals surface area contributed by atoms with E-state index in [1.54, 1.807) is 6.21 Å². The van der Waals surface area contributed by atoms with Crippen molar-refractivity contribution in [3.8, 4) is 0 Å². The van der Waals surface area contributed by atoms with Gasteiger partial charge in [0.1, 0.15) is 23.8 Å². The molecule has 152 valence electrons. The Labute approximate surface area is 173 Å². The van der Waals surface area contributed by atoms with Crippen LogP contribution < -0.4 is 11.2 Å². The maximum Gasteiger partial charge on any atom is 0.247 e. The number of hydrazone groups is 1. The molecule has 1 aliphatic heterocycles. The van der Waals surface area contributed by atoms with Crippen molar-refractivity contribution in [2.24, 2.45) is 5.10 Å². The van der Waals surface area contributed by atoms with E-state index >= 15 is 0 Å². The molecule has 0 amide bonds. The molecule has 4 atom stereocenters. The highest BCUT2D eigenvalue weighted by atomic mass is 79.9. The predicted molar refractivity (Wildman–Crippen MR) is 108 cm³/mol. The molecular weight excluding hydrogens is 446 g/mol. The van der Waals surface area contributed by atoms with E-state index in [1.165, 1.54) is 10.9 Å². The molecule has 3 aromatic rings. The van der Waals surface area contributed by atoms with Gasteiger partial charge in [-0.2, -0.15) is 15.1 Å². The molecule has 0 aliphatic carbocycles. The number of hydrogen-bond acceptors (Lipinski definition) is 10. The predicted octanol–water partition coefficient (Wildman–Crippen LogP) is 0.228. The molecule has 1 aromatic carbocycles. The number of benzene rings is 1. The summed E-state index contributed by atoms with van der Waals surface area (Å²) in [6, 6.07) is 7.54. The zero-order valence-corrected chi connectivity index (χ0v) is 16.5. The molecule has 0 bridgehead atoms. The van der Waals surface area contributed by atoms with Crippen LogP contribution in [0.4, 0.5) is 11.8 Å². The highest BCUT2D eigenvalue weighted by molar-refractivity contribution is 9.10. The molecule has 12 heteroatoms. The van der Waals surface area contributed by atoms with Crippen LogP contribution in [0.3, 0.4) is 0 Å². The molecule has 6 N–H and O–H groups in total. The molecule has 0 saturated carbocycles. The van der Waals surface area contributed by atoms with Crippen LogP contribution >= 0.6 is 15.9 Å². The van der Waals surface area contributed by atoms with E-state index in [0.29, 0.717) is 5.52 Å². The second-order valence-electron chi connectivity index (χ2n) is 6.41. The lowest BCUT2D eigenvalue weighted by Crippen LogP contribution is -2.33. The number of aromatic nitrogens is 4. The summed E-state index contributed by atoms with van der Waals surface area (Å²) in [6.07, 6.45) is -1.44. The minimum Gasteiger partial charge on any atom is -0.394 e. The molecule has 2 aromatic heterocycles. The molecule has 11 nitrogen and oxygen atoms in total. The number of hydrogen-bond donors (Lipinski definition) is 5. The molecular formula is C17H18BrN7O4. The molecule has 3 heterocycles. The Morgan fingerprint density at radius 1 is 1.24 bits per heavy atom. The number of nitrogen functional groups attached to an aromatic ring is 1. The third-order valence-electron chi connectivity index (χ3n) is 4.49. The Morgan fingerprint density at radius 2 is 2.00 bits per heavy atom. The van der Waals surface area contributed by atoms with Gasteiger partial charge in [-0.3, -0.25) is 4.57 Å². The van der Waals surface area contributed by atoms with E-state index in [9.17, 15) is 15.3 Å². The van der Waals surface area contributed by atoms with Gasteiger partial charge in [0.05, 0.1) is 19.1 Å².